The summed E-state index contributed by atoms with van der Waals surface area (Å²) >= 11 is 0. The maximum Gasteiger partial charge on any atom is 0.411 e. The minimum atomic E-state index is -4.37. The summed E-state index contributed by atoms with van der Waals surface area (Å²) in [6.45, 7) is -1.70. The second kappa shape index (κ2) is 6.53. The lowest BCUT2D eigenvalue weighted by Gasteiger charge is -2.14. The monoisotopic (exact) mass is 294 g/mol. The van der Waals surface area contributed by atoms with Gasteiger partial charge in [0, 0.05) is 0 Å². The maximum absolute atomic E-state index is 11.9. The van der Waals surface area contributed by atoms with Crippen molar-refractivity contribution in [2.75, 3.05) is 6.61 Å². The van der Waals surface area contributed by atoms with Gasteiger partial charge in [0.15, 0.2) is 5.82 Å². The second-order valence-electron chi connectivity index (χ2n) is 5.03. The van der Waals surface area contributed by atoms with Gasteiger partial charge in [-0.2, -0.15) is 18.2 Å². The fourth-order valence-corrected chi connectivity index (χ4v) is 2.38. The van der Waals surface area contributed by atoms with E-state index in [1.165, 1.54) is 0 Å². The zero-order valence-corrected chi connectivity index (χ0v) is 10.9. The van der Waals surface area contributed by atoms with Crippen LogP contribution in [0.25, 0.3) is 0 Å². The third kappa shape index (κ3) is 4.75. The molecule has 1 aromatic rings. The van der Waals surface area contributed by atoms with E-state index in [9.17, 15) is 18.3 Å². The lowest BCUT2D eigenvalue weighted by molar-refractivity contribution is -0.177. The topological polar surface area (TPSA) is 68.4 Å². The molecule has 0 spiro atoms. The Kier molecular flexibility index (Phi) is 4.98. The van der Waals surface area contributed by atoms with Crippen LogP contribution in [0.1, 0.15) is 37.4 Å². The Balaban J connectivity index is 1.76. The summed E-state index contributed by atoms with van der Waals surface area (Å²) in [5.41, 5.74) is 0. The molecule has 0 aromatic carbocycles. The van der Waals surface area contributed by atoms with Gasteiger partial charge in [0.05, 0.1) is 12.5 Å². The SMILES string of the molecule is OC(Cc1nc(COCC(F)(F)F)no1)C1CCCC1. The molecule has 1 saturated carbocycles. The summed E-state index contributed by atoms with van der Waals surface area (Å²) in [6, 6.07) is 0. The van der Waals surface area contributed by atoms with Crippen LogP contribution in [0.5, 0.6) is 0 Å². The molecule has 0 bridgehead atoms. The Morgan fingerprint density at radius 3 is 2.70 bits per heavy atom. The molecule has 1 aliphatic rings. The van der Waals surface area contributed by atoms with Gasteiger partial charge in [-0.15, -0.1) is 0 Å². The first-order valence-electron chi connectivity index (χ1n) is 6.58. The predicted octanol–water partition coefficient (Wildman–Crippen LogP) is 2.24. The summed E-state index contributed by atoms with van der Waals surface area (Å²) in [7, 11) is 0. The van der Waals surface area contributed by atoms with Crippen LogP contribution >= 0.6 is 0 Å². The van der Waals surface area contributed by atoms with Crippen molar-refractivity contribution in [1.29, 1.82) is 0 Å². The first kappa shape index (κ1) is 15.2. The number of hydrogen-bond donors (Lipinski definition) is 1. The smallest absolute Gasteiger partial charge is 0.392 e. The minimum Gasteiger partial charge on any atom is -0.392 e. The Morgan fingerprint density at radius 2 is 2.05 bits per heavy atom. The molecule has 0 radical (unpaired) electrons. The van der Waals surface area contributed by atoms with Gasteiger partial charge in [0.2, 0.25) is 5.89 Å². The van der Waals surface area contributed by atoms with Crippen molar-refractivity contribution in [3.63, 3.8) is 0 Å². The fourth-order valence-electron chi connectivity index (χ4n) is 2.38. The first-order valence-corrected chi connectivity index (χ1v) is 6.58. The highest BCUT2D eigenvalue weighted by Gasteiger charge is 2.28. The van der Waals surface area contributed by atoms with Crippen LogP contribution in [0, 0.1) is 5.92 Å². The molecule has 8 heteroatoms. The number of aliphatic hydroxyl groups excluding tert-OH is 1. The molecule has 0 amide bonds. The van der Waals surface area contributed by atoms with Crippen LogP contribution in [0.2, 0.25) is 0 Å². The predicted molar refractivity (Wildman–Crippen MR) is 61.7 cm³/mol. The third-order valence-corrected chi connectivity index (χ3v) is 3.33. The van der Waals surface area contributed by atoms with E-state index in [0.717, 1.165) is 25.7 Å². The molecule has 1 aromatic heterocycles. The highest BCUT2D eigenvalue weighted by atomic mass is 19.4. The van der Waals surface area contributed by atoms with Crippen LogP contribution in [0.4, 0.5) is 13.2 Å². The normalized spacial score (nSPS) is 18.6. The quantitative estimate of drug-likeness (QED) is 0.871. The van der Waals surface area contributed by atoms with Crippen LogP contribution in [-0.4, -0.2) is 34.1 Å². The van der Waals surface area contributed by atoms with E-state index in [2.05, 4.69) is 14.9 Å². The fraction of sp³-hybridized carbons (Fsp3) is 0.833. The molecule has 1 fully saturated rings. The molecule has 1 aliphatic carbocycles. The van der Waals surface area contributed by atoms with Crippen LogP contribution < -0.4 is 0 Å². The van der Waals surface area contributed by atoms with Crippen LogP contribution in [-0.2, 0) is 17.8 Å². The molecule has 20 heavy (non-hydrogen) atoms. The van der Waals surface area contributed by atoms with Gasteiger partial charge in [0.25, 0.3) is 0 Å². The number of alkyl halides is 3. The summed E-state index contributed by atoms with van der Waals surface area (Å²) in [5.74, 6) is 0.532. The molecule has 114 valence electrons. The van der Waals surface area contributed by atoms with Gasteiger partial charge in [-0.1, -0.05) is 18.0 Å². The Morgan fingerprint density at radius 1 is 1.35 bits per heavy atom. The molecule has 0 saturated heterocycles. The van der Waals surface area contributed by atoms with Gasteiger partial charge in [-0.05, 0) is 18.8 Å². The molecule has 2 rings (SSSR count). The Bertz CT molecular complexity index is 416. The van der Waals surface area contributed by atoms with Crippen LogP contribution in [0.15, 0.2) is 4.52 Å². The number of aromatic nitrogens is 2. The van der Waals surface area contributed by atoms with Crippen LogP contribution in [0.3, 0.4) is 0 Å². The van der Waals surface area contributed by atoms with Gasteiger partial charge in [-0.3, -0.25) is 0 Å². The molecule has 1 atom stereocenters. The highest BCUT2D eigenvalue weighted by Crippen LogP contribution is 2.28. The first-order chi connectivity index (χ1) is 9.44. The van der Waals surface area contributed by atoms with Crippen molar-refractivity contribution in [3.05, 3.63) is 11.7 Å². The maximum atomic E-state index is 11.9. The molecular formula is C12H17F3N2O3. The average molecular weight is 294 g/mol. The van der Waals surface area contributed by atoms with Crippen molar-refractivity contribution in [2.45, 2.75) is 51.0 Å². The lowest BCUT2D eigenvalue weighted by atomic mass is 9.98. The molecule has 1 unspecified atom stereocenters. The zero-order chi connectivity index (χ0) is 14.6. The second-order valence-corrected chi connectivity index (χ2v) is 5.03. The standard InChI is InChI=1S/C12H17F3N2O3/c13-12(14,15)7-19-6-10-16-11(20-17-10)5-9(18)8-3-1-2-4-8/h8-9,18H,1-7H2. The molecular weight excluding hydrogens is 277 g/mol. The van der Waals surface area contributed by atoms with E-state index in [0.29, 0.717) is 0 Å². The largest absolute Gasteiger partial charge is 0.411 e. The van der Waals surface area contributed by atoms with Crippen molar-refractivity contribution in [3.8, 4) is 0 Å². The van der Waals surface area contributed by atoms with E-state index in [-0.39, 0.29) is 30.7 Å². The lowest BCUT2D eigenvalue weighted by Crippen LogP contribution is -2.20. The Hall–Kier alpha value is -1.15. The number of halogens is 3. The number of ether oxygens (including phenoxy) is 1. The molecule has 0 aliphatic heterocycles. The summed E-state index contributed by atoms with van der Waals surface area (Å²) in [5, 5.41) is 13.5. The number of hydrogen-bond acceptors (Lipinski definition) is 5. The summed E-state index contributed by atoms with van der Waals surface area (Å²) in [4.78, 5) is 3.91. The molecule has 1 N–H and O–H groups in total. The zero-order valence-electron chi connectivity index (χ0n) is 10.9. The van der Waals surface area contributed by atoms with E-state index < -0.39 is 18.9 Å². The molecule has 5 nitrogen and oxygen atoms in total. The van der Waals surface area contributed by atoms with Crippen molar-refractivity contribution in [1.82, 2.24) is 10.1 Å². The van der Waals surface area contributed by atoms with Crippen molar-refractivity contribution >= 4 is 0 Å². The Labute approximate surface area is 114 Å². The van der Waals surface area contributed by atoms with Crippen molar-refractivity contribution < 1.29 is 27.5 Å². The van der Waals surface area contributed by atoms with Gasteiger partial charge >= 0.3 is 6.18 Å². The van der Waals surface area contributed by atoms with E-state index in [1.54, 1.807) is 0 Å². The highest BCUT2D eigenvalue weighted by molar-refractivity contribution is 4.89. The third-order valence-electron chi connectivity index (χ3n) is 3.33. The van der Waals surface area contributed by atoms with Gasteiger partial charge in [0.1, 0.15) is 13.2 Å². The van der Waals surface area contributed by atoms with E-state index in [1.807, 2.05) is 0 Å². The van der Waals surface area contributed by atoms with Gasteiger partial charge in [-0.25, -0.2) is 0 Å². The molecule has 1 heterocycles. The number of aliphatic hydroxyl groups is 1. The summed E-state index contributed by atoms with van der Waals surface area (Å²) < 4.78 is 45.0. The minimum absolute atomic E-state index is 0.0582. The van der Waals surface area contributed by atoms with Crippen molar-refractivity contribution in [2.24, 2.45) is 5.92 Å². The number of rotatable bonds is 6. The van der Waals surface area contributed by atoms with E-state index >= 15 is 0 Å². The van der Waals surface area contributed by atoms with E-state index in [4.69, 9.17) is 4.52 Å². The van der Waals surface area contributed by atoms with Gasteiger partial charge < -0.3 is 14.4 Å². The summed E-state index contributed by atoms with van der Waals surface area (Å²) in [6.07, 6.45) is -0.484. The number of nitrogens with zero attached hydrogens (tertiary/aromatic N) is 2. The average Bonchev–Trinajstić information content (AvgIpc) is 2.98.